The van der Waals surface area contributed by atoms with Gasteiger partial charge in [0.1, 0.15) is 18.1 Å². The highest BCUT2D eigenvalue weighted by Gasteiger charge is 2.21. The topological polar surface area (TPSA) is 59.6 Å². The number of halogens is 1. The minimum Gasteiger partial charge on any atom is -0.497 e. The Balaban J connectivity index is 1.53. The van der Waals surface area contributed by atoms with E-state index in [1.54, 1.807) is 7.11 Å². The number of benzene rings is 2. The number of rotatable bonds is 4. The number of hydrogen-bond donors (Lipinski definition) is 2. The van der Waals surface area contributed by atoms with Crippen LogP contribution >= 0.6 is 15.9 Å². The van der Waals surface area contributed by atoms with Crippen molar-refractivity contribution in [3.05, 3.63) is 58.1 Å². The minimum absolute atomic E-state index is 0.0629. The second-order valence-corrected chi connectivity index (χ2v) is 6.56. The Morgan fingerprint density at radius 2 is 2.21 bits per heavy atom. The Morgan fingerprint density at radius 3 is 3.00 bits per heavy atom. The standard InChI is InChI=1S/C18H19BrN2O3/c1-23-16-5-6-17-13(9-16)8-15(11-24-17)21-18(22)20-10-12-3-2-4-14(19)7-12/h2-7,9,15H,8,10-11H2,1H3,(H2,20,21,22)/t15-/m1/s1. The number of nitrogens with one attached hydrogen (secondary N) is 2. The maximum absolute atomic E-state index is 12.1. The number of fused-ring (bicyclic) bond motifs is 1. The molecule has 6 heteroatoms. The predicted molar refractivity (Wildman–Crippen MR) is 95.5 cm³/mol. The number of ether oxygens (including phenoxy) is 2. The molecule has 1 aliphatic rings. The molecule has 24 heavy (non-hydrogen) atoms. The molecule has 0 fully saturated rings. The van der Waals surface area contributed by atoms with Gasteiger partial charge in [-0.25, -0.2) is 4.79 Å². The molecule has 0 saturated heterocycles. The highest BCUT2D eigenvalue weighted by atomic mass is 79.9. The van der Waals surface area contributed by atoms with Gasteiger partial charge in [-0.15, -0.1) is 0 Å². The predicted octanol–water partition coefficient (Wildman–Crippen LogP) is 3.26. The summed E-state index contributed by atoms with van der Waals surface area (Å²) in [6.45, 7) is 0.937. The smallest absolute Gasteiger partial charge is 0.315 e. The lowest BCUT2D eigenvalue weighted by Crippen LogP contribution is -2.47. The van der Waals surface area contributed by atoms with Crippen LogP contribution in [0.25, 0.3) is 0 Å². The first-order valence-corrected chi connectivity index (χ1v) is 8.52. The molecule has 3 rings (SSSR count). The van der Waals surface area contributed by atoms with E-state index in [-0.39, 0.29) is 12.1 Å². The van der Waals surface area contributed by atoms with Crippen molar-refractivity contribution in [3.63, 3.8) is 0 Å². The van der Waals surface area contributed by atoms with Crippen LogP contribution in [0.15, 0.2) is 46.9 Å². The second-order valence-electron chi connectivity index (χ2n) is 5.64. The minimum atomic E-state index is -0.199. The van der Waals surface area contributed by atoms with Crippen molar-refractivity contribution >= 4 is 22.0 Å². The highest BCUT2D eigenvalue weighted by molar-refractivity contribution is 9.10. The van der Waals surface area contributed by atoms with Crippen LogP contribution in [0.3, 0.4) is 0 Å². The molecule has 1 atom stereocenters. The summed E-state index contributed by atoms with van der Waals surface area (Å²) >= 11 is 3.42. The quantitative estimate of drug-likeness (QED) is 0.841. The number of amides is 2. The zero-order valence-electron chi connectivity index (χ0n) is 13.3. The summed E-state index contributed by atoms with van der Waals surface area (Å²) in [6.07, 6.45) is 0.719. The summed E-state index contributed by atoms with van der Waals surface area (Å²) in [4.78, 5) is 12.1. The molecule has 0 aromatic heterocycles. The lowest BCUT2D eigenvalue weighted by atomic mass is 10.0. The monoisotopic (exact) mass is 390 g/mol. The van der Waals surface area contributed by atoms with Gasteiger partial charge in [-0.2, -0.15) is 0 Å². The second kappa shape index (κ2) is 7.57. The highest BCUT2D eigenvalue weighted by Crippen LogP contribution is 2.28. The fourth-order valence-corrected chi connectivity index (χ4v) is 3.10. The zero-order chi connectivity index (χ0) is 16.9. The molecule has 1 aliphatic heterocycles. The average molecular weight is 391 g/mol. The molecular weight excluding hydrogens is 372 g/mol. The van der Waals surface area contributed by atoms with Gasteiger partial charge < -0.3 is 20.1 Å². The maximum atomic E-state index is 12.1. The molecule has 0 saturated carbocycles. The number of methoxy groups -OCH3 is 1. The molecule has 0 radical (unpaired) electrons. The van der Waals surface area contributed by atoms with Crippen LogP contribution in [0.4, 0.5) is 4.79 Å². The van der Waals surface area contributed by atoms with Gasteiger partial charge in [0.05, 0.1) is 13.2 Å². The van der Waals surface area contributed by atoms with E-state index in [1.165, 1.54) is 0 Å². The number of carbonyl (C=O) groups is 1. The third-order valence-corrected chi connectivity index (χ3v) is 4.34. The third-order valence-electron chi connectivity index (χ3n) is 3.85. The van der Waals surface area contributed by atoms with E-state index in [0.29, 0.717) is 13.2 Å². The summed E-state index contributed by atoms with van der Waals surface area (Å²) in [5.74, 6) is 1.64. The normalized spacial score (nSPS) is 15.8. The molecule has 5 nitrogen and oxygen atoms in total. The zero-order valence-corrected chi connectivity index (χ0v) is 14.9. The van der Waals surface area contributed by atoms with Crippen molar-refractivity contribution < 1.29 is 14.3 Å². The molecule has 0 aliphatic carbocycles. The van der Waals surface area contributed by atoms with Crippen LogP contribution in [-0.4, -0.2) is 25.8 Å². The SMILES string of the molecule is COc1ccc2c(c1)C[C@@H](NC(=O)NCc1cccc(Br)c1)CO2. The molecule has 2 N–H and O–H groups in total. The van der Waals surface area contributed by atoms with Crippen LogP contribution in [0.5, 0.6) is 11.5 Å². The van der Waals surface area contributed by atoms with E-state index in [4.69, 9.17) is 9.47 Å². The van der Waals surface area contributed by atoms with Gasteiger partial charge in [-0.3, -0.25) is 0 Å². The molecule has 2 amide bonds. The summed E-state index contributed by atoms with van der Waals surface area (Å²) in [6, 6.07) is 13.3. The lowest BCUT2D eigenvalue weighted by Gasteiger charge is -2.26. The van der Waals surface area contributed by atoms with Gasteiger partial charge in [0.15, 0.2) is 0 Å². The first-order valence-electron chi connectivity index (χ1n) is 7.72. The van der Waals surface area contributed by atoms with E-state index in [0.717, 1.165) is 33.5 Å². The molecule has 126 valence electrons. The Hall–Kier alpha value is -2.21. The summed E-state index contributed by atoms with van der Waals surface area (Å²) in [5.41, 5.74) is 2.08. The number of carbonyl (C=O) groups excluding carboxylic acids is 1. The largest absolute Gasteiger partial charge is 0.497 e. The molecule has 2 aromatic rings. The first kappa shape index (κ1) is 16.6. The van der Waals surface area contributed by atoms with Gasteiger partial charge in [0, 0.05) is 11.0 Å². The van der Waals surface area contributed by atoms with E-state index < -0.39 is 0 Å². The average Bonchev–Trinajstić information content (AvgIpc) is 2.59. The van der Waals surface area contributed by atoms with Crippen LogP contribution in [-0.2, 0) is 13.0 Å². The Kier molecular flexibility index (Phi) is 5.25. The molecule has 2 aromatic carbocycles. The Bertz CT molecular complexity index is 736. The summed E-state index contributed by atoms with van der Waals surface area (Å²) in [7, 11) is 1.64. The Morgan fingerprint density at radius 1 is 1.33 bits per heavy atom. The van der Waals surface area contributed by atoms with E-state index in [1.807, 2.05) is 42.5 Å². The van der Waals surface area contributed by atoms with Gasteiger partial charge in [0.2, 0.25) is 0 Å². The molecule has 0 spiro atoms. The third kappa shape index (κ3) is 4.20. The van der Waals surface area contributed by atoms with E-state index in [2.05, 4.69) is 26.6 Å². The van der Waals surface area contributed by atoms with E-state index >= 15 is 0 Å². The fourth-order valence-electron chi connectivity index (χ4n) is 2.66. The van der Waals surface area contributed by atoms with Crippen LogP contribution in [0.2, 0.25) is 0 Å². The van der Waals surface area contributed by atoms with Gasteiger partial charge >= 0.3 is 6.03 Å². The van der Waals surface area contributed by atoms with Gasteiger partial charge in [-0.05, 0) is 47.9 Å². The van der Waals surface area contributed by atoms with Crippen molar-refractivity contribution in [1.29, 1.82) is 0 Å². The number of hydrogen-bond acceptors (Lipinski definition) is 3. The fraction of sp³-hybridized carbons (Fsp3) is 0.278. The van der Waals surface area contributed by atoms with Crippen molar-refractivity contribution in [1.82, 2.24) is 10.6 Å². The van der Waals surface area contributed by atoms with Gasteiger partial charge in [0.25, 0.3) is 0 Å². The van der Waals surface area contributed by atoms with Crippen molar-refractivity contribution in [2.75, 3.05) is 13.7 Å². The van der Waals surface area contributed by atoms with Crippen LogP contribution in [0.1, 0.15) is 11.1 Å². The Labute approximate surface area is 149 Å². The summed E-state index contributed by atoms with van der Waals surface area (Å²) in [5, 5.41) is 5.82. The molecule has 0 bridgehead atoms. The van der Waals surface area contributed by atoms with E-state index in [9.17, 15) is 4.79 Å². The van der Waals surface area contributed by atoms with Crippen molar-refractivity contribution in [2.24, 2.45) is 0 Å². The van der Waals surface area contributed by atoms with Gasteiger partial charge in [-0.1, -0.05) is 28.1 Å². The van der Waals surface area contributed by atoms with Crippen molar-refractivity contribution in [3.8, 4) is 11.5 Å². The number of urea groups is 1. The maximum Gasteiger partial charge on any atom is 0.315 e. The van der Waals surface area contributed by atoms with Crippen molar-refractivity contribution in [2.45, 2.75) is 19.0 Å². The lowest BCUT2D eigenvalue weighted by molar-refractivity contribution is 0.214. The molecule has 1 heterocycles. The molecular formula is C18H19BrN2O3. The first-order chi connectivity index (χ1) is 11.6. The molecule has 0 unspecified atom stereocenters. The summed E-state index contributed by atoms with van der Waals surface area (Å²) < 4.78 is 11.9. The van der Waals surface area contributed by atoms with Crippen LogP contribution < -0.4 is 20.1 Å². The van der Waals surface area contributed by atoms with Crippen LogP contribution in [0, 0.1) is 0 Å².